The molecular formula is C13H11BrN4O. The van der Waals surface area contributed by atoms with E-state index in [0.717, 1.165) is 10.0 Å². The lowest BCUT2D eigenvalue weighted by molar-refractivity contribution is 0.657. The van der Waals surface area contributed by atoms with Crippen LogP contribution in [0.3, 0.4) is 0 Å². The monoisotopic (exact) mass is 318 g/mol. The third-order valence-corrected chi connectivity index (χ3v) is 3.62. The van der Waals surface area contributed by atoms with Crippen LogP contribution in [-0.4, -0.2) is 14.2 Å². The van der Waals surface area contributed by atoms with Crippen LogP contribution in [0.5, 0.6) is 0 Å². The van der Waals surface area contributed by atoms with E-state index in [1.54, 1.807) is 24.4 Å². The number of nitrogens with zero attached hydrogens (tertiary/aromatic N) is 3. The van der Waals surface area contributed by atoms with Gasteiger partial charge in [0.2, 0.25) is 0 Å². The molecular weight excluding hydrogens is 308 g/mol. The molecule has 3 rings (SSSR count). The smallest absolute Gasteiger partial charge is 0.350 e. The molecule has 0 aliphatic rings. The number of fused-ring (bicyclic) bond motifs is 1. The molecule has 0 unspecified atom stereocenters. The molecule has 19 heavy (non-hydrogen) atoms. The quantitative estimate of drug-likeness (QED) is 0.734. The molecule has 0 spiro atoms. The molecule has 0 fully saturated rings. The third-order valence-electron chi connectivity index (χ3n) is 2.89. The summed E-state index contributed by atoms with van der Waals surface area (Å²) in [5.74, 6) is 0. The summed E-state index contributed by atoms with van der Waals surface area (Å²) in [6.07, 6.45) is 1.71. The van der Waals surface area contributed by atoms with E-state index in [-0.39, 0.29) is 5.69 Å². The molecule has 0 radical (unpaired) electrons. The first-order chi connectivity index (χ1) is 9.15. The summed E-state index contributed by atoms with van der Waals surface area (Å²) >= 11 is 3.44. The summed E-state index contributed by atoms with van der Waals surface area (Å²) in [5, 5.41) is 4.29. The molecule has 0 saturated carbocycles. The number of nitrogen functional groups attached to an aromatic ring is 1. The highest BCUT2D eigenvalue weighted by molar-refractivity contribution is 9.10. The molecule has 0 bridgehead atoms. The number of anilines is 1. The van der Waals surface area contributed by atoms with Gasteiger partial charge in [0, 0.05) is 16.4 Å². The number of nitrogens with two attached hydrogens (primary N) is 1. The number of halogens is 1. The third kappa shape index (κ3) is 2.15. The number of rotatable bonds is 2. The maximum Gasteiger partial charge on any atom is 0.350 e. The molecule has 3 aromatic rings. The fourth-order valence-electron chi connectivity index (χ4n) is 1.92. The average molecular weight is 319 g/mol. The van der Waals surface area contributed by atoms with Gasteiger partial charge in [-0.05, 0) is 29.8 Å². The molecule has 5 nitrogen and oxygen atoms in total. The minimum absolute atomic E-state index is 0.153. The Morgan fingerprint density at radius 1 is 1.26 bits per heavy atom. The van der Waals surface area contributed by atoms with Gasteiger partial charge in [-0.2, -0.15) is 0 Å². The van der Waals surface area contributed by atoms with Gasteiger partial charge in [-0.3, -0.25) is 4.40 Å². The number of pyridine rings is 1. The van der Waals surface area contributed by atoms with Gasteiger partial charge < -0.3 is 5.73 Å². The van der Waals surface area contributed by atoms with Gasteiger partial charge in [0.15, 0.2) is 5.65 Å². The van der Waals surface area contributed by atoms with Gasteiger partial charge in [0.25, 0.3) is 0 Å². The zero-order valence-electron chi connectivity index (χ0n) is 9.95. The van der Waals surface area contributed by atoms with Crippen LogP contribution in [0, 0.1) is 0 Å². The predicted molar refractivity (Wildman–Crippen MR) is 77.1 cm³/mol. The van der Waals surface area contributed by atoms with Crippen molar-refractivity contribution in [2.24, 2.45) is 0 Å². The van der Waals surface area contributed by atoms with E-state index in [0.29, 0.717) is 17.9 Å². The molecule has 1 aromatic carbocycles. The van der Waals surface area contributed by atoms with Gasteiger partial charge in [-0.25, -0.2) is 9.48 Å². The highest BCUT2D eigenvalue weighted by atomic mass is 79.9. The zero-order chi connectivity index (χ0) is 13.4. The van der Waals surface area contributed by atoms with Crippen molar-refractivity contribution in [2.75, 3.05) is 5.73 Å². The molecule has 0 aliphatic carbocycles. The maximum absolute atomic E-state index is 12.1. The summed E-state index contributed by atoms with van der Waals surface area (Å²) in [7, 11) is 0. The van der Waals surface area contributed by atoms with Crippen molar-refractivity contribution in [1.29, 1.82) is 0 Å². The summed E-state index contributed by atoms with van der Waals surface area (Å²) in [6.45, 7) is 0.404. The van der Waals surface area contributed by atoms with Crippen molar-refractivity contribution >= 4 is 27.3 Å². The van der Waals surface area contributed by atoms with Crippen molar-refractivity contribution in [3.63, 3.8) is 0 Å². The van der Waals surface area contributed by atoms with Crippen LogP contribution >= 0.6 is 15.9 Å². The van der Waals surface area contributed by atoms with Crippen LogP contribution in [0.2, 0.25) is 0 Å². The molecule has 6 heteroatoms. The van der Waals surface area contributed by atoms with Gasteiger partial charge in [0.05, 0.1) is 6.54 Å². The van der Waals surface area contributed by atoms with Crippen LogP contribution < -0.4 is 11.4 Å². The maximum atomic E-state index is 12.1. The lowest BCUT2D eigenvalue weighted by atomic mass is 10.2. The van der Waals surface area contributed by atoms with Crippen molar-refractivity contribution in [3.8, 4) is 0 Å². The Kier molecular flexibility index (Phi) is 2.87. The summed E-state index contributed by atoms with van der Waals surface area (Å²) in [4.78, 5) is 12.1. The van der Waals surface area contributed by atoms with E-state index >= 15 is 0 Å². The van der Waals surface area contributed by atoms with E-state index < -0.39 is 0 Å². The van der Waals surface area contributed by atoms with E-state index in [1.165, 1.54) is 9.08 Å². The Labute approximate surface area is 117 Å². The van der Waals surface area contributed by atoms with Gasteiger partial charge >= 0.3 is 5.69 Å². The van der Waals surface area contributed by atoms with E-state index in [4.69, 9.17) is 5.73 Å². The largest absolute Gasteiger partial charge is 0.399 e. The number of benzene rings is 1. The second-order valence-electron chi connectivity index (χ2n) is 4.22. The van der Waals surface area contributed by atoms with Crippen molar-refractivity contribution in [3.05, 3.63) is 63.1 Å². The van der Waals surface area contributed by atoms with E-state index in [9.17, 15) is 4.79 Å². The predicted octanol–water partition coefficient (Wildman–Crippen LogP) is 1.89. The molecule has 0 amide bonds. The molecule has 2 heterocycles. The number of hydrogen-bond acceptors (Lipinski definition) is 3. The first-order valence-electron chi connectivity index (χ1n) is 5.73. The van der Waals surface area contributed by atoms with Crippen molar-refractivity contribution < 1.29 is 0 Å². The molecule has 0 atom stereocenters. The van der Waals surface area contributed by atoms with E-state index in [1.807, 2.05) is 18.2 Å². The van der Waals surface area contributed by atoms with Crippen LogP contribution in [0.1, 0.15) is 5.56 Å². The molecule has 0 saturated heterocycles. The number of hydrogen-bond donors (Lipinski definition) is 1. The van der Waals surface area contributed by atoms with Crippen LogP contribution in [0.15, 0.2) is 51.9 Å². The first kappa shape index (κ1) is 12.0. The van der Waals surface area contributed by atoms with Crippen LogP contribution in [0.4, 0.5) is 5.69 Å². The Balaban J connectivity index is 2.06. The molecule has 0 aliphatic heterocycles. The zero-order valence-corrected chi connectivity index (χ0v) is 11.5. The second-order valence-corrected chi connectivity index (χ2v) is 5.07. The standard InChI is InChI=1S/C13H11BrN4O/c14-11-7-10(15)5-4-9(11)8-18-13(19)17-6-2-1-3-12(17)16-18/h1-7H,8,15H2. The SMILES string of the molecule is Nc1ccc(Cn2nc3ccccn3c2=O)c(Br)c1. The Hall–Kier alpha value is -2.08. The molecule has 2 N–H and O–H groups in total. The molecule has 96 valence electrons. The second kappa shape index (κ2) is 4.55. The Bertz CT molecular complexity index is 806. The normalized spacial score (nSPS) is 11.0. The van der Waals surface area contributed by atoms with Crippen LogP contribution in [0.25, 0.3) is 5.65 Å². The van der Waals surface area contributed by atoms with Crippen molar-refractivity contribution in [1.82, 2.24) is 14.2 Å². The van der Waals surface area contributed by atoms with Gasteiger partial charge in [0.1, 0.15) is 0 Å². The topological polar surface area (TPSA) is 65.3 Å². The highest BCUT2D eigenvalue weighted by Crippen LogP contribution is 2.20. The fourth-order valence-corrected chi connectivity index (χ4v) is 2.45. The Morgan fingerprint density at radius 2 is 2.11 bits per heavy atom. The fraction of sp³-hybridized carbons (Fsp3) is 0.0769. The lowest BCUT2D eigenvalue weighted by Crippen LogP contribution is -2.21. The Morgan fingerprint density at radius 3 is 2.84 bits per heavy atom. The summed E-state index contributed by atoms with van der Waals surface area (Å²) in [5.41, 5.74) is 7.82. The highest BCUT2D eigenvalue weighted by Gasteiger charge is 2.08. The van der Waals surface area contributed by atoms with Crippen LogP contribution in [-0.2, 0) is 6.54 Å². The average Bonchev–Trinajstić information content (AvgIpc) is 2.70. The molecule has 2 aromatic heterocycles. The van der Waals surface area contributed by atoms with Gasteiger partial charge in [-0.1, -0.05) is 28.1 Å². The minimum Gasteiger partial charge on any atom is -0.399 e. The minimum atomic E-state index is -0.153. The van der Waals surface area contributed by atoms with Crippen molar-refractivity contribution in [2.45, 2.75) is 6.54 Å². The first-order valence-corrected chi connectivity index (χ1v) is 6.52. The van der Waals surface area contributed by atoms with Gasteiger partial charge in [-0.15, -0.1) is 5.10 Å². The summed E-state index contributed by atoms with van der Waals surface area (Å²) in [6, 6.07) is 11.0. The number of aromatic nitrogens is 3. The lowest BCUT2D eigenvalue weighted by Gasteiger charge is -2.04. The summed E-state index contributed by atoms with van der Waals surface area (Å²) < 4.78 is 3.83. The van der Waals surface area contributed by atoms with E-state index in [2.05, 4.69) is 21.0 Å².